The van der Waals surface area contributed by atoms with Crippen LogP contribution in [0, 0.1) is 0 Å². The lowest BCUT2D eigenvalue weighted by atomic mass is 10.1. The molecule has 3 nitrogen and oxygen atoms in total. The van der Waals surface area contributed by atoms with Gasteiger partial charge in [0.2, 0.25) is 0 Å². The average Bonchev–Trinajstić information content (AvgIpc) is 2.27. The first-order valence-electron chi connectivity index (χ1n) is 5.03. The first kappa shape index (κ1) is 16.7. The molecule has 0 spiro atoms. The summed E-state index contributed by atoms with van der Waals surface area (Å²) in [4.78, 5) is 11.6. The predicted molar refractivity (Wildman–Crippen MR) is 64.7 cm³/mol. The number of nitrogens with two attached hydrogens (primary N) is 1. The van der Waals surface area contributed by atoms with Gasteiger partial charge in [0.25, 0.3) is 5.91 Å². The molecule has 0 saturated heterocycles. The first-order valence-corrected chi connectivity index (χ1v) is 5.03. The molecule has 0 fully saturated rings. The molecule has 0 aromatic heterocycles. The summed E-state index contributed by atoms with van der Waals surface area (Å²) in [6.07, 6.45) is -4.54. The Balaban J connectivity index is 0.00000289. The van der Waals surface area contributed by atoms with Crippen molar-refractivity contribution >= 4 is 18.3 Å². The zero-order chi connectivity index (χ0) is 13.1. The van der Waals surface area contributed by atoms with E-state index in [9.17, 15) is 18.0 Å². The maximum Gasteiger partial charge on any atom is 0.417 e. The van der Waals surface area contributed by atoms with Crippen molar-refractivity contribution in [2.45, 2.75) is 19.1 Å². The summed E-state index contributed by atoms with van der Waals surface area (Å²) < 4.78 is 37.9. The molecule has 0 heterocycles. The third kappa shape index (κ3) is 4.19. The molecule has 1 atom stereocenters. The van der Waals surface area contributed by atoms with Gasteiger partial charge in [-0.1, -0.05) is 12.1 Å². The molecule has 0 aliphatic rings. The molecule has 1 aromatic carbocycles. The third-order valence-electron chi connectivity index (χ3n) is 2.21. The largest absolute Gasteiger partial charge is 0.417 e. The second kappa shape index (κ2) is 6.61. The van der Waals surface area contributed by atoms with E-state index in [1.54, 1.807) is 6.92 Å². The number of hydrogen-bond acceptors (Lipinski definition) is 2. The molecule has 0 unspecified atom stereocenters. The summed E-state index contributed by atoms with van der Waals surface area (Å²) in [7, 11) is 0. The van der Waals surface area contributed by atoms with Crippen molar-refractivity contribution < 1.29 is 18.0 Å². The number of halogens is 4. The summed E-state index contributed by atoms with van der Waals surface area (Å²) >= 11 is 0. The van der Waals surface area contributed by atoms with E-state index in [1.807, 2.05) is 0 Å². The lowest BCUT2D eigenvalue weighted by Gasteiger charge is -2.15. The fourth-order valence-corrected chi connectivity index (χ4v) is 1.29. The predicted octanol–water partition coefficient (Wildman–Crippen LogP) is 2.20. The minimum Gasteiger partial charge on any atom is -0.348 e. The number of benzene rings is 1. The molecule has 0 saturated carbocycles. The highest BCUT2D eigenvalue weighted by Crippen LogP contribution is 2.31. The zero-order valence-corrected chi connectivity index (χ0v) is 10.4. The smallest absolute Gasteiger partial charge is 0.348 e. The zero-order valence-electron chi connectivity index (χ0n) is 9.62. The molecular weight excluding hydrogens is 269 g/mol. The van der Waals surface area contributed by atoms with Crippen LogP contribution in [-0.2, 0) is 6.18 Å². The molecule has 0 aliphatic heterocycles. The minimum absolute atomic E-state index is 0. The third-order valence-corrected chi connectivity index (χ3v) is 2.21. The van der Waals surface area contributed by atoms with E-state index in [1.165, 1.54) is 12.1 Å². The minimum atomic E-state index is -4.54. The van der Waals surface area contributed by atoms with Gasteiger partial charge in [-0.3, -0.25) is 4.79 Å². The second-order valence-corrected chi connectivity index (χ2v) is 3.65. The Labute approximate surface area is 109 Å². The number of carbonyl (C=O) groups is 1. The highest BCUT2D eigenvalue weighted by Gasteiger charge is 2.34. The van der Waals surface area contributed by atoms with Crippen LogP contribution in [0.4, 0.5) is 13.2 Å². The second-order valence-electron chi connectivity index (χ2n) is 3.65. The van der Waals surface area contributed by atoms with Crippen molar-refractivity contribution in [1.82, 2.24) is 5.32 Å². The standard InChI is InChI=1S/C11H13F3N2O.ClH/c1-7(6-15)16-10(17)8-4-2-3-5-9(8)11(12,13)14;/h2-5,7H,6,15H2,1H3,(H,16,17);1H/t7-;/m0./s1. The summed E-state index contributed by atoms with van der Waals surface area (Å²) in [6, 6.07) is 4.27. The highest BCUT2D eigenvalue weighted by molar-refractivity contribution is 5.96. The van der Waals surface area contributed by atoms with Gasteiger partial charge in [-0.25, -0.2) is 0 Å². The van der Waals surface area contributed by atoms with Crippen LogP contribution in [0.5, 0.6) is 0 Å². The van der Waals surface area contributed by atoms with E-state index in [0.717, 1.165) is 12.1 Å². The van der Waals surface area contributed by atoms with E-state index in [-0.39, 0.29) is 30.6 Å². The molecule has 7 heteroatoms. The molecule has 0 aliphatic carbocycles. The van der Waals surface area contributed by atoms with Crippen LogP contribution in [0.15, 0.2) is 24.3 Å². The van der Waals surface area contributed by atoms with Crippen LogP contribution in [0.25, 0.3) is 0 Å². The number of amides is 1. The number of hydrogen-bond donors (Lipinski definition) is 2. The van der Waals surface area contributed by atoms with Gasteiger partial charge in [-0.2, -0.15) is 13.2 Å². The normalized spacial score (nSPS) is 12.5. The monoisotopic (exact) mass is 282 g/mol. The Kier molecular flexibility index (Phi) is 6.14. The van der Waals surface area contributed by atoms with Gasteiger partial charge < -0.3 is 11.1 Å². The molecular formula is C11H14ClF3N2O. The highest BCUT2D eigenvalue weighted by atomic mass is 35.5. The van der Waals surface area contributed by atoms with Gasteiger partial charge in [-0.15, -0.1) is 12.4 Å². The number of rotatable bonds is 3. The molecule has 3 N–H and O–H groups in total. The summed E-state index contributed by atoms with van der Waals surface area (Å²) in [6.45, 7) is 1.79. The van der Waals surface area contributed by atoms with E-state index in [2.05, 4.69) is 5.32 Å². The van der Waals surface area contributed by atoms with Gasteiger partial charge in [-0.05, 0) is 19.1 Å². The average molecular weight is 283 g/mol. The summed E-state index contributed by atoms with van der Waals surface area (Å²) in [5, 5.41) is 2.39. The van der Waals surface area contributed by atoms with Gasteiger partial charge in [0.15, 0.2) is 0 Å². The van der Waals surface area contributed by atoms with E-state index < -0.39 is 17.6 Å². The van der Waals surface area contributed by atoms with Crippen molar-refractivity contribution in [3.05, 3.63) is 35.4 Å². The van der Waals surface area contributed by atoms with Crippen LogP contribution in [0.3, 0.4) is 0 Å². The van der Waals surface area contributed by atoms with E-state index >= 15 is 0 Å². The number of alkyl halides is 3. The maximum absolute atomic E-state index is 12.6. The van der Waals surface area contributed by atoms with Crippen molar-refractivity contribution in [1.29, 1.82) is 0 Å². The fourth-order valence-electron chi connectivity index (χ4n) is 1.29. The van der Waals surface area contributed by atoms with E-state index in [0.29, 0.717) is 0 Å². The lowest BCUT2D eigenvalue weighted by Crippen LogP contribution is -2.38. The van der Waals surface area contributed by atoms with Crippen LogP contribution < -0.4 is 11.1 Å². The Hall–Kier alpha value is -1.27. The van der Waals surface area contributed by atoms with Crippen molar-refractivity contribution in [2.24, 2.45) is 5.73 Å². The molecule has 18 heavy (non-hydrogen) atoms. The summed E-state index contributed by atoms with van der Waals surface area (Å²) in [5.74, 6) is -0.768. The Bertz CT molecular complexity index is 410. The Morgan fingerprint density at radius 2 is 1.94 bits per heavy atom. The van der Waals surface area contributed by atoms with Crippen LogP contribution in [0.2, 0.25) is 0 Å². The van der Waals surface area contributed by atoms with Gasteiger partial charge in [0, 0.05) is 12.6 Å². The van der Waals surface area contributed by atoms with E-state index in [4.69, 9.17) is 5.73 Å². The van der Waals surface area contributed by atoms with Crippen LogP contribution >= 0.6 is 12.4 Å². The SMILES string of the molecule is C[C@@H](CN)NC(=O)c1ccccc1C(F)(F)F.Cl. The van der Waals surface area contributed by atoms with Gasteiger partial charge >= 0.3 is 6.18 Å². The molecule has 1 aromatic rings. The molecule has 102 valence electrons. The molecule has 1 amide bonds. The quantitative estimate of drug-likeness (QED) is 0.893. The van der Waals surface area contributed by atoms with Crippen LogP contribution in [0.1, 0.15) is 22.8 Å². The Morgan fingerprint density at radius 1 is 1.39 bits per heavy atom. The number of carbonyl (C=O) groups excluding carboxylic acids is 1. The molecule has 1 rings (SSSR count). The van der Waals surface area contributed by atoms with Crippen LogP contribution in [-0.4, -0.2) is 18.5 Å². The molecule has 0 radical (unpaired) electrons. The Morgan fingerprint density at radius 3 is 2.44 bits per heavy atom. The van der Waals surface area contributed by atoms with Gasteiger partial charge in [0.05, 0.1) is 11.1 Å². The van der Waals surface area contributed by atoms with Crippen molar-refractivity contribution in [2.75, 3.05) is 6.54 Å². The van der Waals surface area contributed by atoms with Crippen molar-refractivity contribution in [3.63, 3.8) is 0 Å². The van der Waals surface area contributed by atoms with Crippen molar-refractivity contribution in [3.8, 4) is 0 Å². The first-order chi connectivity index (χ1) is 7.86. The molecule has 0 bridgehead atoms. The van der Waals surface area contributed by atoms with Gasteiger partial charge in [0.1, 0.15) is 0 Å². The fraction of sp³-hybridized carbons (Fsp3) is 0.364. The number of nitrogens with one attached hydrogen (secondary N) is 1. The summed E-state index contributed by atoms with van der Waals surface area (Å²) in [5.41, 5.74) is 3.95. The maximum atomic E-state index is 12.6. The topological polar surface area (TPSA) is 55.1 Å². The lowest BCUT2D eigenvalue weighted by molar-refractivity contribution is -0.137.